The highest BCUT2D eigenvalue weighted by atomic mass is 16.5. The lowest BCUT2D eigenvalue weighted by Gasteiger charge is -2.15. The fourth-order valence-electron chi connectivity index (χ4n) is 3.05. The molecule has 0 atom stereocenters. The Kier molecular flexibility index (Phi) is 5.99. The number of carbonyl (C=O) groups excluding carboxylic acids is 2. The Morgan fingerprint density at radius 3 is 2.54 bits per heavy atom. The molecule has 0 aromatic heterocycles. The van der Waals surface area contributed by atoms with Gasteiger partial charge in [-0.3, -0.25) is 9.59 Å². The summed E-state index contributed by atoms with van der Waals surface area (Å²) < 4.78 is 10.6. The van der Waals surface area contributed by atoms with Crippen molar-refractivity contribution in [1.82, 2.24) is 5.32 Å². The molecule has 1 saturated carbocycles. The molecule has 0 unspecified atom stereocenters. The molecule has 0 aliphatic heterocycles. The van der Waals surface area contributed by atoms with Crippen molar-refractivity contribution in [1.29, 1.82) is 0 Å². The average molecular weight is 380 g/mol. The van der Waals surface area contributed by atoms with E-state index in [-0.39, 0.29) is 17.9 Å². The minimum atomic E-state index is -0.563. The lowest BCUT2D eigenvalue weighted by molar-refractivity contribution is -0.120. The van der Waals surface area contributed by atoms with E-state index in [9.17, 15) is 9.59 Å². The molecule has 0 heterocycles. The van der Waals surface area contributed by atoms with Crippen LogP contribution in [0.2, 0.25) is 0 Å². The van der Waals surface area contributed by atoms with Gasteiger partial charge in [0.15, 0.2) is 18.1 Å². The molecular formula is C22H24N2O4. The van der Waals surface area contributed by atoms with Crippen LogP contribution < -0.4 is 20.5 Å². The van der Waals surface area contributed by atoms with Crippen LogP contribution in [-0.2, 0) is 15.0 Å². The van der Waals surface area contributed by atoms with E-state index in [4.69, 9.17) is 15.2 Å². The summed E-state index contributed by atoms with van der Waals surface area (Å²) in [7, 11) is 1.51. The van der Waals surface area contributed by atoms with Gasteiger partial charge >= 0.3 is 0 Å². The van der Waals surface area contributed by atoms with Crippen molar-refractivity contribution < 1.29 is 19.1 Å². The van der Waals surface area contributed by atoms with Crippen molar-refractivity contribution in [2.45, 2.75) is 18.3 Å². The van der Waals surface area contributed by atoms with Crippen LogP contribution in [0.1, 0.15) is 24.0 Å². The second-order valence-corrected chi connectivity index (χ2v) is 6.86. The van der Waals surface area contributed by atoms with Gasteiger partial charge in [0.2, 0.25) is 5.91 Å². The van der Waals surface area contributed by atoms with Gasteiger partial charge in [-0.2, -0.15) is 0 Å². The number of hydrogen-bond donors (Lipinski definition) is 2. The van der Waals surface area contributed by atoms with Crippen LogP contribution in [0.5, 0.6) is 11.5 Å². The molecule has 0 spiro atoms. The molecule has 0 saturated heterocycles. The minimum absolute atomic E-state index is 0.0768. The first-order chi connectivity index (χ1) is 13.5. The standard InChI is InChI=1S/C22H24N2O4/c1-27-19-13-16(7-9-18(19)28-14-20(23)25)8-10-21(26)24-15-22(11-12-22)17-5-3-2-4-6-17/h2-10,13H,11-12,14-15H2,1H3,(H2,23,25)(H,24,26)/b10-8+. The Balaban J connectivity index is 1.57. The summed E-state index contributed by atoms with van der Waals surface area (Å²) in [5.41, 5.74) is 7.21. The Labute approximate surface area is 164 Å². The summed E-state index contributed by atoms with van der Waals surface area (Å²) in [4.78, 5) is 23.1. The van der Waals surface area contributed by atoms with Crippen molar-refractivity contribution in [2.75, 3.05) is 20.3 Å². The van der Waals surface area contributed by atoms with Crippen LogP contribution in [0.3, 0.4) is 0 Å². The topological polar surface area (TPSA) is 90.7 Å². The van der Waals surface area contributed by atoms with Gasteiger partial charge in [0.1, 0.15) is 0 Å². The molecule has 1 aliphatic carbocycles. The van der Waals surface area contributed by atoms with Gasteiger partial charge in [-0.1, -0.05) is 36.4 Å². The van der Waals surface area contributed by atoms with E-state index in [0.29, 0.717) is 18.0 Å². The molecule has 0 bridgehead atoms. The molecule has 1 aliphatic rings. The zero-order valence-corrected chi connectivity index (χ0v) is 15.8. The first kappa shape index (κ1) is 19.5. The molecule has 3 rings (SSSR count). The number of benzene rings is 2. The predicted molar refractivity (Wildman–Crippen MR) is 107 cm³/mol. The van der Waals surface area contributed by atoms with Gasteiger partial charge in [0, 0.05) is 18.0 Å². The number of hydrogen-bond acceptors (Lipinski definition) is 4. The zero-order chi connectivity index (χ0) is 20.0. The normalized spacial score (nSPS) is 14.5. The molecular weight excluding hydrogens is 356 g/mol. The Morgan fingerprint density at radius 1 is 1.14 bits per heavy atom. The third-order valence-electron chi connectivity index (χ3n) is 4.83. The number of nitrogens with two attached hydrogens (primary N) is 1. The fourth-order valence-corrected chi connectivity index (χ4v) is 3.05. The SMILES string of the molecule is COc1cc(/C=C/C(=O)NCC2(c3ccccc3)CC2)ccc1OCC(N)=O. The number of ether oxygens (including phenoxy) is 2. The van der Waals surface area contributed by atoms with Crippen LogP contribution in [0, 0.1) is 0 Å². The van der Waals surface area contributed by atoms with Crippen LogP contribution in [-0.4, -0.2) is 32.1 Å². The lowest BCUT2D eigenvalue weighted by atomic mass is 9.96. The van der Waals surface area contributed by atoms with E-state index >= 15 is 0 Å². The summed E-state index contributed by atoms with van der Waals surface area (Å²) in [5, 5.41) is 2.99. The first-order valence-corrected chi connectivity index (χ1v) is 9.13. The summed E-state index contributed by atoms with van der Waals surface area (Å²) in [6, 6.07) is 15.5. The van der Waals surface area contributed by atoms with Crippen LogP contribution >= 0.6 is 0 Å². The number of methoxy groups -OCH3 is 1. The van der Waals surface area contributed by atoms with Crippen molar-refractivity contribution >= 4 is 17.9 Å². The molecule has 146 valence electrons. The summed E-state index contributed by atoms with van der Waals surface area (Å²) >= 11 is 0. The molecule has 2 aromatic rings. The van der Waals surface area contributed by atoms with Crippen LogP contribution in [0.15, 0.2) is 54.6 Å². The first-order valence-electron chi connectivity index (χ1n) is 9.13. The number of rotatable bonds is 9. The highest BCUT2D eigenvalue weighted by Gasteiger charge is 2.44. The van der Waals surface area contributed by atoms with Gasteiger partial charge < -0.3 is 20.5 Å². The van der Waals surface area contributed by atoms with Gasteiger partial charge in [-0.05, 0) is 42.2 Å². The quantitative estimate of drug-likeness (QED) is 0.654. The van der Waals surface area contributed by atoms with Gasteiger partial charge in [0.05, 0.1) is 7.11 Å². The second-order valence-electron chi connectivity index (χ2n) is 6.86. The third-order valence-corrected chi connectivity index (χ3v) is 4.83. The maximum Gasteiger partial charge on any atom is 0.255 e. The Hall–Kier alpha value is -3.28. The van der Waals surface area contributed by atoms with Crippen molar-refractivity contribution in [3.05, 3.63) is 65.7 Å². The molecule has 2 amide bonds. The van der Waals surface area contributed by atoms with Crippen molar-refractivity contribution in [3.8, 4) is 11.5 Å². The minimum Gasteiger partial charge on any atom is -0.493 e. The molecule has 2 aromatic carbocycles. The Morgan fingerprint density at radius 2 is 1.89 bits per heavy atom. The number of carbonyl (C=O) groups is 2. The second kappa shape index (κ2) is 8.61. The van der Waals surface area contributed by atoms with Crippen LogP contribution in [0.4, 0.5) is 0 Å². The maximum atomic E-state index is 12.2. The fraction of sp³-hybridized carbons (Fsp3) is 0.273. The molecule has 28 heavy (non-hydrogen) atoms. The van der Waals surface area contributed by atoms with E-state index < -0.39 is 5.91 Å². The monoisotopic (exact) mass is 380 g/mol. The highest BCUT2D eigenvalue weighted by molar-refractivity contribution is 5.91. The summed E-state index contributed by atoms with van der Waals surface area (Å²) in [6.45, 7) is 0.403. The van der Waals surface area contributed by atoms with Gasteiger partial charge in [0.25, 0.3) is 5.91 Å². The molecule has 1 fully saturated rings. The van der Waals surface area contributed by atoms with E-state index in [2.05, 4.69) is 17.4 Å². The van der Waals surface area contributed by atoms with E-state index in [1.807, 2.05) is 18.2 Å². The number of primary amides is 1. The van der Waals surface area contributed by atoms with E-state index in [1.54, 1.807) is 24.3 Å². The Bertz CT molecular complexity index is 873. The van der Waals surface area contributed by atoms with Gasteiger partial charge in [-0.25, -0.2) is 0 Å². The molecule has 6 nitrogen and oxygen atoms in total. The van der Waals surface area contributed by atoms with Gasteiger partial charge in [-0.15, -0.1) is 0 Å². The number of amides is 2. The molecule has 6 heteroatoms. The lowest BCUT2D eigenvalue weighted by Crippen LogP contribution is -2.30. The number of nitrogens with one attached hydrogen (secondary N) is 1. The van der Waals surface area contributed by atoms with E-state index in [1.165, 1.54) is 18.7 Å². The average Bonchev–Trinajstić information content (AvgIpc) is 3.51. The zero-order valence-electron chi connectivity index (χ0n) is 15.8. The predicted octanol–water partition coefficient (Wildman–Crippen LogP) is 2.42. The maximum absolute atomic E-state index is 12.2. The molecule has 0 radical (unpaired) electrons. The summed E-state index contributed by atoms with van der Waals surface area (Å²) in [5.74, 6) is 0.174. The largest absolute Gasteiger partial charge is 0.493 e. The molecule has 3 N–H and O–H groups in total. The van der Waals surface area contributed by atoms with Crippen molar-refractivity contribution in [3.63, 3.8) is 0 Å². The smallest absolute Gasteiger partial charge is 0.255 e. The highest BCUT2D eigenvalue weighted by Crippen LogP contribution is 2.47. The van der Waals surface area contributed by atoms with Crippen molar-refractivity contribution in [2.24, 2.45) is 5.73 Å². The van der Waals surface area contributed by atoms with Crippen LogP contribution in [0.25, 0.3) is 6.08 Å². The summed E-state index contributed by atoms with van der Waals surface area (Å²) in [6.07, 6.45) is 5.38. The third kappa shape index (κ3) is 4.91. The van der Waals surface area contributed by atoms with E-state index in [0.717, 1.165) is 18.4 Å².